The van der Waals surface area contributed by atoms with Crippen molar-refractivity contribution >= 4 is 22.9 Å². The van der Waals surface area contributed by atoms with Gasteiger partial charge in [-0.2, -0.15) is 0 Å². The van der Waals surface area contributed by atoms with Crippen LogP contribution in [0, 0.1) is 0 Å². The Morgan fingerprint density at radius 1 is 1.16 bits per heavy atom. The fourth-order valence-corrected chi connectivity index (χ4v) is 3.51. The first-order chi connectivity index (χ1) is 12.2. The van der Waals surface area contributed by atoms with Crippen LogP contribution in [0.1, 0.15) is 16.2 Å². The predicted molar refractivity (Wildman–Crippen MR) is 98.5 cm³/mol. The van der Waals surface area contributed by atoms with Crippen LogP contribution in [0.5, 0.6) is 0 Å². The van der Waals surface area contributed by atoms with Gasteiger partial charge in [0.25, 0.3) is 5.91 Å². The zero-order valence-electron chi connectivity index (χ0n) is 13.7. The average Bonchev–Trinajstić information content (AvgIpc) is 3.29. The molecule has 5 nitrogen and oxygen atoms in total. The maximum Gasteiger partial charge on any atom is 0.272 e. The number of carbonyl (C=O) groups is 1. The lowest BCUT2D eigenvalue weighted by molar-refractivity contribution is 0.0777. The number of rotatable bonds is 4. The molecule has 1 aromatic carbocycles. The summed E-state index contributed by atoms with van der Waals surface area (Å²) in [6.45, 7) is 0.461. The van der Waals surface area contributed by atoms with E-state index < -0.39 is 0 Å². The molecule has 0 fully saturated rings. The fourth-order valence-electron chi connectivity index (χ4n) is 2.69. The molecule has 0 aliphatic carbocycles. The van der Waals surface area contributed by atoms with Gasteiger partial charge in [-0.25, -0.2) is 9.97 Å². The number of amides is 1. The van der Waals surface area contributed by atoms with Gasteiger partial charge in [-0.1, -0.05) is 36.4 Å². The lowest BCUT2D eigenvalue weighted by Crippen LogP contribution is -2.27. The molecule has 3 aromatic heterocycles. The molecule has 0 saturated carbocycles. The third kappa shape index (κ3) is 3.04. The monoisotopic (exact) mass is 348 g/mol. The highest BCUT2D eigenvalue weighted by Gasteiger charge is 2.17. The Balaban J connectivity index is 1.53. The van der Waals surface area contributed by atoms with Gasteiger partial charge in [0.15, 0.2) is 0 Å². The van der Waals surface area contributed by atoms with Crippen molar-refractivity contribution in [1.29, 1.82) is 0 Å². The summed E-state index contributed by atoms with van der Waals surface area (Å²) in [6, 6.07) is 15.7. The summed E-state index contributed by atoms with van der Waals surface area (Å²) in [6.07, 6.45) is 3.46. The van der Waals surface area contributed by atoms with Gasteiger partial charge in [0.2, 0.25) is 0 Å². The second kappa shape index (κ2) is 6.49. The third-order valence-corrected chi connectivity index (χ3v) is 4.89. The van der Waals surface area contributed by atoms with Crippen LogP contribution in [-0.4, -0.2) is 32.2 Å². The Hall–Kier alpha value is -2.99. The molecule has 4 aromatic rings. The van der Waals surface area contributed by atoms with Gasteiger partial charge in [-0.3, -0.25) is 9.20 Å². The minimum atomic E-state index is -0.0760. The SMILES string of the molecule is CN(Cc1csc(-c2ccccc2)n1)C(=O)c1cnc2ccccn12. The van der Waals surface area contributed by atoms with Gasteiger partial charge in [0.1, 0.15) is 16.3 Å². The van der Waals surface area contributed by atoms with E-state index in [1.54, 1.807) is 33.9 Å². The van der Waals surface area contributed by atoms with E-state index in [0.29, 0.717) is 12.2 Å². The summed E-state index contributed by atoms with van der Waals surface area (Å²) in [5.41, 5.74) is 3.29. The summed E-state index contributed by atoms with van der Waals surface area (Å²) in [4.78, 5) is 23.3. The van der Waals surface area contributed by atoms with Crippen LogP contribution in [0.4, 0.5) is 0 Å². The van der Waals surface area contributed by atoms with Gasteiger partial charge < -0.3 is 4.90 Å². The van der Waals surface area contributed by atoms with Crippen LogP contribution in [0.3, 0.4) is 0 Å². The number of imidazole rings is 1. The van der Waals surface area contributed by atoms with Crippen molar-refractivity contribution in [1.82, 2.24) is 19.3 Å². The highest BCUT2D eigenvalue weighted by Crippen LogP contribution is 2.24. The molecule has 0 N–H and O–H groups in total. The normalized spacial score (nSPS) is 10.9. The topological polar surface area (TPSA) is 50.5 Å². The standard InChI is InChI=1S/C19H16N4OS/c1-22(19(24)16-11-20-17-9-5-6-10-23(16)17)12-15-13-25-18(21-15)14-7-3-2-4-8-14/h2-11,13H,12H2,1H3. The molecule has 4 rings (SSSR count). The Labute approximate surface area is 149 Å². The molecule has 0 atom stereocenters. The molecular formula is C19H16N4OS. The average molecular weight is 348 g/mol. The van der Waals surface area contributed by atoms with Crippen molar-refractivity contribution in [3.8, 4) is 10.6 Å². The van der Waals surface area contributed by atoms with Crippen LogP contribution < -0.4 is 0 Å². The third-order valence-electron chi connectivity index (χ3n) is 3.95. The van der Waals surface area contributed by atoms with Crippen LogP contribution in [0.2, 0.25) is 0 Å². The predicted octanol–water partition coefficient (Wildman–Crippen LogP) is 3.73. The van der Waals surface area contributed by atoms with Crippen molar-refractivity contribution in [3.63, 3.8) is 0 Å². The summed E-state index contributed by atoms with van der Waals surface area (Å²) in [5.74, 6) is -0.0760. The van der Waals surface area contributed by atoms with Gasteiger partial charge in [-0.05, 0) is 12.1 Å². The van der Waals surface area contributed by atoms with E-state index in [-0.39, 0.29) is 5.91 Å². The molecule has 124 valence electrons. The number of hydrogen-bond acceptors (Lipinski definition) is 4. The quantitative estimate of drug-likeness (QED) is 0.565. The molecule has 0 spiro atoms. The highest BCUT2D eigenvalue weighted by molar-refractivity contribution is 7.13. The second-order valence-corrected chi connectivity index (χ2v) is 6.60. The van der Waals surface area contributed by atoms with Crippen LogP contribution in [0.15, 0.2) is 66.3 Å². The zero-order chi connectivity index (χ0) is 17.2. The Morgan fingerprint density at radius 3 is 2.80 bits per heavy atom. The van der Waals surface area contributed by atoms with E-state index in [0.717, 1.165) is 21.9 Å². The van der Waals surface area contributed by atoms with Crippen LogP contribution >= 0.6 is 11.3 Å². The number of benzene rings is 1. The molecule has 0 aliphatic heterocycles. The first-order valence-electron chi connectivity index (χ1n) is 7.90. The maximum atomic E-state index is 12.7. The van der Waals surface area contributed by atoms with E-state index in [1.165, 1.54) is 0 Å². The maximum absolute atomic E-state index is 12.7. The molecule has 0 saturated heterocycles. The van der Waals surface area contributed by atoms with E-state index in [4.69, 9.17) is 0 Å². The Morgan fingerprint density at radius 2 is 1.96 bits per heavy atom. The summed E-state index contributed by atoms with van der Waals surface area (Å²) in [5, 5.41) is 2.96. The second-order valence-electron chi connectivity index (χ2n) is 5.74. The van der Waals surface area contributed by atoms with Crippen molar-refractivity contribution < 1.29 is 4.79 Å². The van der Waals surface area contributed by atoms with Gasteiger partial charge >= 0.3 is 0 Å². The van der Waals surface area contributed by atoms with Crippen molar-refractivity contribution in [2.75, 3.05) is 7.05 Å². The van der Waals surface area contributed by atoms with Crippen molar-refractivity contribution in [2.45, 2.75) is 6.54 Å². The summed E-state index contributed by atoms with van der Waals surface area (Å²) in [7, 11) is 1.78. The Kier molecular flexibility index (Phi) is 4.03. The minimum absolute atomic E-state index is 0.0760. The number of carbonyl (C=O) groups excluding carboxylic acids is 1. The lowest BCUT2D eigenvalue weighted by Gasteiger charge is -2.15. The first-order valence-corrected chi connectivity index (χ1v) is 8.78. The number of hydrogen-bond donors (Lipinski definition) is 0. The van der Waals surface area contributed by atoms with Crippen LogP contribution in [0.25, 0.3) is 16.2 Å². The fraction of sp³-hybridized carbons (Fsp3) is 0.105. The highest BCUT2D eigenvalue weighted by atomic mass is 32.1. The largest absolute Gasteiger partial charge is 0.334 e. The number of thiazole rings is 1. The molecule has 0 radical (unpaired) electrons. The number of nitrogens with zero attached hydrogens (tertiary/aromatic N) is 4. The van der Waals surface area contributed by atoms with Gasteiger partial charge in [0.05, 0.1) is 18.4 Å². The molecule has 1 amide bonds. The summed E-state index contributed by atoms with van der Waals surface area (Å²) < 4.78 is 1.80. The zero-order valence-corrected chi connectivity index (χ0v) is 14.5. The van der Waals surface area contributed by atoms with Crippen molar-refractivity contribution in [3.05, 3.63) is 77.7 Å². The van der Waals surface area contributed by atoms with E-state index in [2.05, 4.69) is 9.97 Å². The molecular weight excluding hydrogens is 332 g/mol. The van der Waals surface area contributed by atoms with E-state index in [9.17, 15) is 4.79 Å². The van der Waals surface area contributed by atoms with E-state index in [1.807, 2.05) is 60.1 Å². The number of pyridine rings is 1. The molecule has 0 bridgehead atoms. The molecule has 6 heteroatoms. The van der Waals surface area contributed by atoms with Gasteiger partial charge in [-0.15, -0.1) is 11.3 Å². The smallest absolute Gasteiger partial charge is 0.272 e. The summed E-state index contributed by atoms with van der Waals surface area (Å²) >= 11 is 1.59. The lowest BCUT2D eigenvalue weighted by atomic mass is 10.2. The molecule has 0 unspecified atom stereocenters. The van der Waals surface area contributed by atoms with Gasteiger partial charge in [0, 0.05) is 24.2 Å². The molecule has 3 heterocycles. The first kappa shape index (κ1) is 15.5. The number of fused-ring (bicyclic) bond motifs is 1. The Bertz CT molecular complexity index is 1020. The number of aromatic nitrogens is 3. The van der Waals surface area contributed by atoms with Crippen molar-refractivity contribution in [2.24, 2.45) is 0 Å². The minimum Gasteiger partial charge on any atom is -0.334 e. The van der Waals surface area contributed by atoms with Crippen LogP contribution in [-0.2, 0) is 6.54 Å². The van der Waals surface area contributed by atoms with E-state index >= 15 is 0 Å². The molecule has 0 aliphatic rings. The molecule has 25 heavy (non-hydrogen) atoms.